The normalized spacial score (nSPS) is 28.6. The van der Waals surface area contributed by atoms with Crippen LogP contribution in [0, 0.1) is 11.8 Å². The highest BCUT2D eigenvalue weighted by atomic mass is 35.5. The molecule has 1 aromatic rings. The first-order chi connectivity index (χ1) is 13.1. The van der Waals surface area contributed by atoms with Crippen molar-refractivity contribution in [2.45, 2.75) is 82.7 Å². The number of nitrogens with two attached hydrogens (primary N) is 1. The molecule has 0 aromatic heterocycles. The Bertz CT molecular complexity index is 707. The van der Waals surface area contributed by atoms with Crippen molar-refractivity contribution < 1.29 is 9.59 Å². The third-order valence-corrected chi connectivity index (χ3v) is 6.95. The van der Waals surface area contributed by atoms with Crippen LogP contribution in [0.15, 0.2) is 18.2 Å². The molecule has 0 aliphatic heterocycles. The number of benzene rings is 1. The van der Waals surface area contributed by atoms with E-state index in [9.17, 15) is 9.59 Å². The number of amides is 1. The fourth-order valence-electron chi connectivity index (χ4n) is 5.56. The van der Waals surface area contributed by atoms with E-state index in [1.54, 1.807) is 0 Å². The van der Waals surface area contributed by atoms with Gasteiger partial charge >= 0.3 is 0 Å². The summed E-state index contributed by atoms with van der Waals surface area (Å²) in [6.07, 6.45) is 10.9. The van der Waals surface area contributed by atoms with E-state index in [1.165, 1.54) is 43.2 Å². The van der Waals surface area contributed by atoms with Crippen LogP contribution in [-0.2, 0) is 17.6 Å². The molecule has 2 saturated carbocycles. The maximum atomic E-state index is 12.6. The van der Waals surface area contributed by atoms with Gasteiger partial charge in [-0.1, -0.05) is 18.6 Å². The maximum absolute atomic E-state index is 12.6. The Morgan fingerprint density at radius 2 is 1.64 bits per heavy atom. The number of carbonyl (C=O) groups is 2. The number of hydrogen-bond donors (Lipinski definition) is 2. The average molecular weight is 405 g/mol. The topological polar surface area (TPSA) is 72.2 Å². The van der Waals surface area contributed by atoms with Crippen molar-refractivity contribution in [2.24, 2.45) is 17.6 Å². The molecule has 3 aliphatic rings. The summed E-state index contributed by atoms with van der Waals surface area (Å²) in [6.45, 7) is 0. The lowest BCUT2D eigenvalue weighted by atomic mass is 9.67. The van der Waals surface area contributed by atoms with Gasteiger partial charge in [0.05, 0.1) is 0 Å². The Kier molecular flexibility index (Phi) is 7.16. The molecule has 2 atom stereocenters. The van der Waals surface area contributed by atoms with Crippen molar-refractivity contribution in [3.8, 4) is 0 Å². The lowest BCUT2D eigenvalue weighted by Gasteiger charge is -2.45. The van der Waals surface area contributed by atoms with Crippen molar-refractivity contribution in [1.29, 1.82) is 0 Å². The molecule has 2 bridgehead atoms. The summed E-state index contributed by atoms with van der Waals surface area (Å²) in [5, 5.41) is 3.25. The smallest absolute Gasteiger partial charge is 0.220 e. The highest BCUT2D eigenvalue weighted by Crippen LogP contribution is 2.39. The van der Waals surface area contributed by atoms with E-state index in [2.05, 4.69) is 17.4 Å². The minimum Gasteiger partial charge on any atom is -0.353 e. The van der Waals surface area contributed by atoms with Crippen LogP contribution in [0.2, 0.25) is 0 Å². The van der Waals surface area contributed by atoms with Crippen molar-refractivity contribution in [3.05, 3.63) is 34.9 Å². The number of nitrogens with one attached hydrogen (secondary N) is 1. The summed E-state index contributed by atoms with van der Waals surface area (Å²) in [5.41, 5.74) is 9.65. The summed E-state index contributed by atoms with van der Waals surface area (Å²) < 4.78 is 0. The van der Waals surface area contributed by atoms with Gasteiger partial charge in [-0.05, 0) is 80.4 Å². The third kappa shape index (κ3) is 4.77. The average Bonchev–Trinajstić information content (AvgIpc) is 2.66. The summed E-state index contributed by atoms with van der Waals surface area (Å²) in [4.78, 5) is 25.1. The van der Waals surface area contributed by atoms with E-state index in [-0.39, 0.29) is 36.6 Å². The molecule has 0 spiro atoms. The Hall–Kier alpha value is -1.39. The van der Waals surface area contributed by atoms with Gasteiger partial charge in [-0.2, -0.15) is 0 Å². The fraction of sp³-hybridized carbons (Fsp3) is 0.652. The van der Waals surface area contributed by atoms with E-state index in [1.807, 2.05) is 6.07 Å². The fourth-order valence-corrected chi connectivity index (χ4v) is 5.56. The molecule has 1 aromatic carbocycles. The number of carbonyl (C=O) groups excluding carboxylic acids is 2. The largest absolute Gasteiger partial charge is 0.353 e. The second-order valence-electron chi connectivity index (χ2n) is 8.89. The zero-order valence-electron chi connectivity index (χ0n) is 16.6. The predicted octanol–water partition coefficient (Wildman–Crippen LogP) is 3.97. The molecule has 0 heterocycles. The van der Waals surface area contributed by atoms with Crippen molar-refractivity contribution >= 4 is 24.1 Å². The quantitative estimate of drug-likeness (QED) is 0.729. The number of Topliss-reactive ketones (excluding diaryl/α,β-unsaturated/α-hetero) is 1. The van der Waals surface area contributed by atoms with Crippen LogP contribution in [-0.4, -0.2) is 23.8 Å². The number of aryl methyl sites for hydroxylation is 2. The molecule has 0 saturated heterocycles. The maximum Gasteiger partial charge on any atom is 0.220 e. The number of halogens is 1. The van der Waals surface area contributed by atoms with Crippen LogP contribution >= 0.6 is 12.4 Å². The molecule has 1 amide bonds. The van der Waals surface area contributed by atoms with Crippen molar-refractivity contribution in [1.82, 2.24) is 5.32 Å². The third-order valence-electron chi connectivity index (χ3n) is 6.95. The monoisotopic (exact) mass is 404 g/mol. The molecule has 0 radical (unpaired) electrons. The molecule has 2 unspecified atom stereocenters. The highest BCUT2D eigenvalue weighted by Gasteiger charge is 2.39. The van der Waals surface area contributed by atoms with Crippen LogP contribution in [0.4, 0.5) is 0 Å². The molecule has 3 aliphatic carbocycles. The molecule has 28 heavy (non-hydrogen) atoms. The first-order valence-electron chi connectivity index (χ1n) is 10.8. The second-order valence-corrected chi connectivity index (χ2v) is 8.89. The van der Waals surface area contributed by atoms with E-state index in [4.69, 9.17) is 5.73 Å². The number of fused-ring (bicyclic) bond motifs is 3. The Labute approximate surface area is 174 Å². The van der Waals surface area contributed by atoms with E-state index >= 15 is 0 Å². The molecule has 3 N–H and O–H groups in total. The molecule has 4 nitrogen and oxygen atoms in total. The van der Waals surface area contributed by atoms with Crippen molar-refractivity contribution in [2.75, 3.05) is 0 Å². The molecule has 154 valence electrons. The summed E-state index contributed by atoms with van der Waals surface area (Å²) in [7, 11) is 0. The minimum absolute atomic E-state index is 0. The summed E-state index contributed by atoms with van der Waals surface area (Å²) in [6, 6.07) is 6.66. The molecular weight excluding hydrogens is 372 g/mol. The van der Waals surface area contributed by atoms with Crippen LogP contribution in [0.5, 0.6) is 0 Å². The first kappa shape index (κ1) is 21.3. The van der Waals surface area contributed by atoms with Gasteiger partial charge in [0.15, 0.2) is 5.78 Å². The zero-order valence-corrected chi connectivity index (χ0v) is 17.4. The SMILES string of the molecule is Cl.NC1CC2CCCC(C1)C2NC(=O)CCC(=O)c1ccc2c(c1)CCCC2. The van der Waals surface area contributed by atoms with Gasteiger partial charge in [0.25, 0.3) is 0 Å². The molecule has 4 rings (SSSR count). The minimum atomic E-state index is 0. The lowest BCUT2D eigenvalue weighted by Crippen LogP contribution is -2.53. The zero-order chi connectivity index (χ0) is 18.8. The van der Waals surface area contributed by atoms with Crippen LogP contribution in [0.25, 0.3) is 0 Å². The second kappa shape index (κ2) is 9.41. The van der Waals surface area contributed by atoms with Gasteiger partial charge in [-0.25, -0.2) is 0 Å². The van der Waals surface area contributed by atoms with E-state index in [0.29, 0.717) is 24.3 Å². The molecule has 2 fully saturated rings. The Morgan fingerprint density at radius 1 is 0.964 bits per heavy atom. The van der Waals surface area contributed by atoms with E-state index in [0.717, 1.165) is 31.2 Å². The van der Waals surface area contributed by atoms with Crippen LogP contribution in [0.3, 0.4) is 0 Å². The van der Waals surface area contributed by atoms with Gasteiger partial charge in [-0.15, -0.1) is 12.4 Å². The van der Waals surface area contributed by atoms with Gasteiger partial charge in [0.2, 0.25) is 5.91 Å². The number of ketones is 1. The Morgan fingerprint density at radius 3 is 2.36 bits per heavy atom. The van der Waals surface area contributed by atoms with Gasteiger partial charge in [-0.3, -0.25) is 9.59 Å². The van der Waals surface area contributed by atoms with Crippen molar-refractivity contribution in [3.63, 3.8) is 0 Å². The lowest BCUT2D eigenvalue weighted by molar-refractivity contribution is -0.123. The van der Waals surface area contributed by atoms with Gasteiger partial charge in [0, 0.05) is 30.5 Å². The standard InChI is InChI=1S/C23H32N2O2.ClH/c24-20-13-18-6-3-7-19(14-20)23(18)25-22(27)11-10-21(26)17-9-8-15-4-1-2-5-16(15)12-17;/h8-9,12,18-20,23H,1-7,10-11,13-14,24H2,(H,25,27);1H. The summed E-state index contributed by atoms with van der Waals surface area (Å²) in [5.74, 6) is 1.16. The number of hydrogen-bond acceptors (Lipinski definition) is 3. The van der Waals surface area contributed by atoms with Crippen LogP contribution in [0.1, 0.15) is 79.3 Å². The molecule has 5 heteroatoms. The van der Waals surface area contributed by atoms with Gasteiger partial charge in [0.1, 0.15) is 0 Å². The summed E-state index contributed by atoms with van der Waals surface area (Å²) >= 11 is 0. The first-order valence-corrected chi connectivity index (χ1v) is 10.8. The predicted molar refractivity (Wildman–Crippen MR) is 114 cm³/mol. The Balaban J connectivity index is 0.00000225. The van der Waals surface area contributed by atoms with Crippen LogP contribution < -0.4 is 11.1 Å². The number of rotatable bonds is 5. The highest BCUT2D eigenvalue weighted by molar-refractivity contribution is 5.98. The van der Waals surface area contributed by atoms with E-state index < -0.39 is 0 Å². The van der Waals surface area contributed by atoms with Gasteiger partial charge < -0.3 is 11.1 Å². The molecular formula is C23H33ClN2O2.